The SMILES string of the molecule is Cn1ccc2c1CCC(Cc1cccnc1)C2=O. The van der Waals surface area contributed by atoms with E-state index in [2.05, 4.69) is 9.55 Å². The van der Waals surface area contributed by atoms with Gasteiger partial charge in [-0.25, -0.2) is 0 Å². The second kappa shape index (κ2) is 4.41. The van der Waals surface area contributed by atoms with Gasteiger partial charge in [0, 0.05) is 42.8 Å². The van der Waals surface area contributed by atoms with Gasteiger partial charge < -0.3 is 4.57 Å². The van der Waals surface area contributed by atoms with Crippen molar-refractivity contribution in [3.8, 4) is 0 Å². The van der Waals surface area contributed by atoms with Crippen molar-refractivity contribution in [2.45, 2.75) is 19.3 Å². The summed E-state index contributed by atoms with van der Waals surface area (Å²) in [6, 6.07) is 5.92. The van der Waals surface area contributed by atoms with E-state index in [-0.39, 0.29) is 5.92 Å². The molecule has 1 unspecified atom stereocenters. The van der Waals surface area contributed by atoms with Gasteiger partial charge in [-0.1, -0.05) is 6.07 Å². The number of hydrogen-bond acceptors (Lipinski definition) is 2. The normalized spacial score (nSPS) is 18.7. The molecule has 92 valence electrons. The molecule has 2 aromatic heterocycles. The Balaban J connectivity index is 1.83. The Hall–Kier alpha value is -1.90. The number of nitrogens with zero attached hydrogens (tertiary/aromatic N) is 2. The van der Waals surface area contributed by atoms with Crippen molar-refractivity contribution in [3.05, 3.63) is 53.6 Å². The molecular weight excluding hydrogens is 224 g/mol. The molecule has 0 amide bonds. The van der Waals surface area contributed by atoms with Gasteiger partial charge in [-0.2, -0.15) is 0 Å². The largest absolute Gasteiger partial charge is 0.354 e. The van der Waals surface area contributed by atoms with Crippen molar-refractivity contribution in [2.24, 2.45) is 13.0 Å². The molecule has 0 radical (unpaired) electrons. The highest BCUT2D eigenvalue weighted by Crippen LogP contribution is 2.28. The minimum atomic E-state index is 0.115. The number of fused-ring (bicyclic) bond motifs is 1. The summed E-state index contributed by atoms with van der Waals surface area (Å²) in [6.07, 6.45) is 8.35. The minimum absolute atomic E-state index is 0.115. The number of aromatic nitrogens is 2. The van der Waals surface area contributed by atoms with E-state index in [1.165, 1.54) is 5.69 Å². The maximum atomic E-state index is 12.4. The Morgan fingerprint density at radius 1 is 1.44 bits per heavy atom. The van der Waals surface area contributed by atoms with E-state index in [1.54, 1.807) is 6.20 Å². The predicted octanol–water partition coefficient (Wildman–Crippen LogP) is 2.41. The zero-order chi connectivity index (χ0) is 12.5. The molecule has 0 bridgehead atoms. The minimum Gasteiger partial charge on any atom is -0.354 e. The molecule has 0 saturated carbocycles. The second-order valence-corrected chi connectivity index (χ2v) is 4.95. The predicted molar refractivity (Wildman–Crippen MR) is 69.5 cm³/mol. The van der Waals surface area contributed by atoms with E-state index in [4.69, 9.17) is 0 Å². The molecule has 18 heavy (non-hydrogen) atoms. The smallest absolute Gasteiger partial charge is 0.168 e. The highest BCUT2D eigenvalue weighted by atomic mass is 16.1. The Labute approximate surface area is 106 Å². The van der Waals surface area contributed by atoms with Gasteiger partial charge in [0.2, 0.25) is 0 Å². The number of Topliss-reactive ketones (excluding diaryl/α,β-unsaturated/α-hetero) is 1. The van der Waals surface area contributed by atoms with Crippen LogP contribution >= 0.6 is 0 Å². The molecule has 1 aliphatic rings. The number of carbonyl (C=O) groups excluding carboxylic acids is 1. The Kier molecular flexibility index (Phi) is 2.74. The quantitative estimate of drug-likeness (QED) is 0.808. The molecule has 0 spiro atoms. The third-order valence-corrected chi connectivity index (χ3v) is 3.77. The Bertz CT molecular complexity index is 571. The monoisotopic (exact) mass is 240 g/mol. The number of aryl methyl sites for hydroxylation is 1. The topological polar surface area (TPSA) is 34.9 Å². The fourth-order valence-corrected chi connectivity index (χ4v) is 2.76. The van der Waals surface area contributed by atoms with Crippen LogP contribution in [-0.2, 0) is 19.9 Å². The Morgan fingerprint density at radius 2 is 2.33 bits per heavy atom. The van der Waals surface area contributed by atoms with Gasteiger partial charge >= 0.3 is 0 Å². The fourth-order valence-electron chi connectivity index (χ4n) is 2.76. The maximum absolute atomic E-state index is 12.4. The van der Waals surface area contributed by atoms with Gasteiger partial charge in [-0.15, -0.1) is 0 Å². The molecule has 3 rings (SSSR count). The van der Waals surface area contributed by atoms with E-state index < -0.39 is 0 Å². The molecule has 0 fully saturated rings. The van der Waals surface area contributed by atoms with Crippen LogP contribution in [0.1, 0.15) is 28.0 Å². The molecular formula is C15H16N2O. The molecule has 2 aromatic rings. The van der Waals surface area contributed by atoms with Crippen molar-refractivity contribution in [2.75, 3.05) is 0 Å². The lowest BCUT2D eigenvalue weighted by Gasteiger charge is -2.21. The van der Waals surface area contributed by atoms with E-state index in [0.717, 1.165) is 30.4 Å². The molecule has 3 heteroatoms. The first-order valence-electron chi connectivity index (χ1n) is 6.33. The highest BCUT2D eigenvalue weighted by molar-refractivity contribution is 6.00. The van der Waals surface area contributed by atoms with Gasteiger partial charge in [-0.05, 0) is 37.0 Å². The number of rotatable bonds is 2. The van der Waals surface area contributed by atoms with Gasteiger partial charge in [-0.3, -0.25) is 9.78 Å². The van der Waals surface area contributed by atoms with Crippen LogP contribution in [0.15, 0.2) is 36.8 Å². The summed E-state index contributed by atoms with van der Waals surface area (Å²) in [5.74, 6) is 0.407. The zero-order valence-electron chi connectivity index (χ0n) is 10.5. The van der Waals surface area contributed by atoms with Crippen molar-refractivity contribution in [1.82, 2.24) is 9.55 Å². The first-order chi connectivity index (χ1) is 8.75. The highest BCUT2D eigenvalue weighted by Gasteiger charge is 2.28. The Morgan fingerprint density at radius 3 is 3.11 bits per heavy atom. The average Bonchev–Trinajstić information content (AvgIpc) is 2.77. The lowest BCUT2D eigenvalue weighted by Crippen LogP contribution is -2.24. The summed E-state index contributed by atoms with van der Waals surface area (Å²) in [4.78, 5) is 16.5. The fraction of sp³-hybridized carbons (Fsp3) is 0.333. The number of carbonyl (C=O) groups is 1. The van der Waals surface area contributed by atoms with Gasteiger partial charge in [0.05, 0.1) is 0 Å². The van der Waals surface area contributed by atoms with Crippen LogP contribution in [-0.4, -0.2) is 15.3 Å². The summed E-state index contributed by atoms with van der Waals surface area (Å²) in [7, 11) is 2.01. The van der Waals surface area contributed by atoms with Crippen molar-refractivity contribution in [1.29, 1.82) is 0 Å². The van der Waals surface area contributed by atoms with Crippen LogP contribution in [0.25, 0.3) is 0 Å². The molecule has 1 atom stereocenters. The molecule has 0 saturated heterocycles. The summed E-state index contributed by atoms with van der Waals surface area (Å²) >= 11 is 0. The van der Waals surface area contributed by atoms with E-state index in [1.807, 2.05) is 37.6 Å². The summed E-state index contributed by atoms with van der Waals surface area (Å²) in [5.41, 5.74) is 3.25. The summed E-state index contributed by atoms with van der Waals surface area (Å²) < 4.78 is 2.06. The van der Waals surface area contributed by atoms with Crippen LogP contribution in [0.3, 0.4) is 0 Å². The first kappa shape index (κ1) is 11.2. The van der Waals surface area contributed by atoms with Crippen molar-refractivity contribution < 1.29 is 4.79 Å². The number of pyridine rings is 1. The number of ketones is 1. The van der Waals surface area contributed by atoms with Gasteiger partial charge in [0.25, 0.3) is 0 Å². The van der Waals surface area contributed by atoms with Crippen LogP contribution in [0.2, 0.25) is 0 Å². The molecule has 3 nitrogen and oxygen atoms in total. The molecule has 0 N–H and O–H groups in total. The van der Waals surface area contributed by atoms with Crippen LogP contribution in [0.4, 0.5) is 0 Å². The molecule has 0 aromatic carbocycles. The molecule has 2 heterocycles. The first-order valence-corrected chi connectivity index (χ1v) is 6.33. The van der Waals surface area contributed by atoms with Crippen LogP contribution < -0.4 is 0 Å². The second-order valence-electron chi connectivity index (χ2n) is 4.95. The lowest BCUT2D eigenvalue weighted by atomic mass is 9.83. The van der Waals surface area contributed by atoms with E-state index in [0.29, 0.717) is 5.78 Å². The third kappa shape index (κ3) is 1.86. The lowest BCUT2D eigenvalue weighted by molar-refractivity contribution is 0.0900. The summed E-state index contributed by atoms with van der Waals surface area (Å²) in [6.45, 7) is 0. The van der Waals surface area contributed by atoms with Crippen molar-refractivity contribution in [3.63, 3.8) is 0 Å². The number of hydrogen-bond donors (Lipinski definition) is 0. The van der Waals surface area contributed by atoms with Crippen LogP contribution in [0.5, 0.6) is 0 Å². The molecule has 0 aliphatic heterocycles. The van der Waals surface area contributed by atoms with E-state index in [9.17, 15) is 4.79 Å². The van der Waals surface area contributed by atoms with Gasteiger partial charge in [0.1, 0.15) is 0 Å². The standard InChI is InChI=1S/C15H16N2O/c1-17-8-6-13-14(17)5-4-12(15(13)18)9-11-3-2-7-16-10-11/h2-3,6-8,10,12H,4-5,9H2,1H3. The molecule has 1 aliphatic carbocycles. The average molecular weight is 240 g/mol. The van der Waals surface area contributed by atoms with Crippen molar-refractivity contribution >= 4 is 5.78 Å². The van der Waals surface area contributed by atoms with E-state index >= 15 is 0 Å². The summed E-state index contributed by atoms with van der Waals surface area (Å²) in [5, 5.41) is 0. The van der Waals surface area contributed by atoms with Gasteiger partial charge in [0.15, 0.2) is 5.78 Å². The van der Waals surface area contributed by atoms with Crippen LogP contribution in [0, 0.1) is 5.92 Å². The maximum Gasteiger partial charge on any atom is 0.168 e. The zero-order valence-corrected chi connectivity index (χ0v) is 10.5. The third-order valence-electron chi connectivity index (χ3n) is 3.77.